The van der Waals surface area contributed by atoms with E-state index in [0.717, 1.165) is 0 Å². The maximum absolute atomic E-state index is 8.52. The zero-order valence-corrected chi connectivity index (χ0v) is 5.63. The van der Waals surface area contributed by atoms with Gasteiger partial charge in [-0.1, -0.05) is 0 Å². The summed E-state index contributed by atoms with van der Waals surface area (Å²) in [5.74, 6) is 0.151. The second kappa shape index (κ2) is 2.72. The quantitative estimate of drug-likeness (QED) is 0.580. The summed E-state index contributed by atoms with van der Waals surface area (Å²) in [6, 6.07) is 3.75. The van der Waals surface area contributed by atoms with Gasteiger partial charge in [-0.25, -0.2) is 0 Å². The number of hydrogen-bond donors (Lipinski definition) is 2. The summed E-state index contributed by atoms with van der Waals surface area (Å²) < 4.78 is 0. The molecule has 1 rings (SSSR count). The summed E-state index contributed by atoms with van der Waals surface area (Å²) >= 11 is 0. The van der Waals surface area contributed by atoms with E-state index >= 15 is 0 Å². The first-order chi connectivity index (χ1) is 5.29. The Balaban J connectivity index is 3.10. The molecular weight excluding hydrogens is 142 g/mol. The molecule has 0 radical (unpaired) electrons. The zero-order chi connectivity index (χ0) is 8.27. The van der Waals surface area contributed by atoms with Gasteiger partial charge >= 0.3 is 0 Å². The van der Waals surface area contributed by atoms with E-state index in [-0.39, 0.29) is 17.8 Å². The Morgan fingerprint density at radius 3 is 2.82 bits per heavy atom. The van der Waals surface area contributed by atoms with Crippen LogP contribution in [0.25, 0.3) is 0 Å². The van der Waals surface area contributed by atoms with Crippen LogP contribution in [-0.4, -0.2) is 10.2 Å². The summed E-state index contributed by atoms with van der Waals surface area (Å²) in [5, 5.41) is 22.9. The van der Waals surface area contributed by atoms with Crippen molar-refractivity contribution >= 4 is 5.82 Å². The lowest BCUT2D eigenvalue weighted by Gasteiger charge is -1.85. The van der Waals surface area contributed by atoms with Crippen LogP contribution in [0.3, 0.4) is 0 Å². The third-order valence-corrected chi connectivity index (χ3v) is 1.24. The second-order valence-electron chi connectivity index (χ2n) is 1.91. The summed E-state index contributed by atoms with van der Waals surface area (Å²) in [6.45, 7) is 0. The monoisotopic (exact) mass is 147 g/mol. The molecule has 0 aliphatic rings. The van der Waals surface area contributed by atoms with Crippen molar-refractivity contribution in [3.63, 3.8) is 0 Å². The van der Waals surface area contributed by atoms with E-state index in [9.17, 15) is 0 Å². The lowest BCUT2D eigenvalue weighted by molar-refractivity contribution is 1.02. The number of nitrogens with zero attached hydrogens (tertiary/aromatic N) is 3. The van der Waals surface area contributed by atoms with E-state index < -0.39 is 0 Å². The average Bonchev–Trinajstić information content (AvgIpc) is 2.33. The van der Waals surface area contributed by atoms with Gasteiger partial charge in [-0.3, -0.25) is 5.10 Å². The molecule has 0 fully saturated rings. The normalized spacial score (nSPS) is 8.55. The summed E-state index contributed by atoms with van der Waals surface area (Å²) in [7, 11) is 0. The Labute approximate surface area is 63.0 Å². The van der Waals surface area contributed by atoms with Crippen molar-refractivity contribution in [3.8, 4) is 12.1 Å². The molecule has 0 aliphatic heterocycles. The highest BCUT2D eigenvalue weighted by Gasteiger charge is 2.08. The van der Waals surface area contributed by atoms with Gasteiger partial charge in [-0.2, -0.15) is 15.6 Å². The van der Waals surface area contributed by atoms with Crippen LogP contribution < -0.4 is 5.73 Å². The maximum atomic E-state index is 8.52. The Hall–Kier alpha value is -2.01. The lowest BCUT2D eigenvalue weighted by atomic mass is 10.2. The third-order valence-electron chi connectivity index (χ3n) is 1.24. The van der Waals surface area contributed by atoms with Gasteiger partial charge in [0.15, 0.2) is 5.82 Å². The largest absolute Gasteiger partial charge is 0.381 e. The lowest BCUT2D eigenvalue weighted by Crippen LogP contribution is -1.89. The minimum absolute atomic E-state index is 0.132. The van der Waals surface area contributed by atoms with Gasteiger partial charge < -0.3 is 5.73 Å². The standard InChI is InChI=1S/C6H5N5/c7-2-1-5-4(3-8)6(9)11-10-5/h1H2,(H3,9,10,11). The van der Waals surface area contributed by atoms with Crippen LogP contribution in [0.5, 0.6) is 0 Å². The van der Waals surface area contributed by atoms with Crippen molar-refractivity contribution < 1.29 is 0 Å². The number of hydrogen-bond acceptors (Lipinski definition) is 4. The number of H-pyrrole nitrogens is 1. The van der Waals surface area contributed by atoms with Gasteiger partial charge in [0.05, 0.1) is 18.2 Å². The molecule has 1 aromatic heterocycles. The minimum Gasteiger partial charge on any atom is -0.381 e. The molecule has 11 heavy (non-hydrogen) atoms. The average molecular weight is 147 g/mol. The van der Waals surface area contributed by atoms with Crippen LogP contribution in [0.15, 0.2) is 0 Å². The molecule has 0 atom stereocenters. The maximum Gasteiger partial charge on any atom is 0.163 e. The molecule has 0 saturated carbocycles. The highest BCUT2D eigenvalue weighted by Crippen LogP contribution is 2.10. The van der Waals surface area contributed by atoms with Gasteiger partial charge in [-0.05, 0) is 0 Å². The number of nitrogens with two attached hydrogens (primary N) is 1. The van der Waals surface area contributed by atoms with Crippen LogP contribution >= 0.6 is 0 Å². The number of rotatable bonds is 1. The smallest absolute Gasteiger partial charge is 0.163 e. The fourth-order valence-corrected chi connectivity index (χ4v) is 0.726. The number of anilines is 1. The SMILES string of the molecule is N#CCc1[nH]nc(N)c1C#N. The molecule has 0 aromatic carbocycles. The predicted octanol–water partition coefficient (Wildman–Crippen LogP) is -0.0703. The van der Waals surface area contributed by atoms with Crippen molar-refractivity contribution in [3.05, 3.63) is 11.3 Å². The van der Waals surface area contributed by atoms with Crippen molar-refractivity contribution in [2.75, 3.05) is 5.73 Å². The van der Waals surface area contributed by atoms with Crippen molar-refractivity contribution in [2.24, 2.45) is 0 Å². The Morgan fingerprint density at radius 2 is 2.27 bits per heavy atom. The highest BCUT2D eigenvalue weighted by atomic mass is 15.2. The van der Waals surface area contributed by atoms with Crippen molar-refractivity contribution in [1.29, 1.82) is 10.5 Å². The fourth-order valence-electron chi connectivity index (χ4n) is 0.726. The Bertz CT molecular complexity index is 337. The molecule has 0 spiro atoms. The zero-order valence-electron chi connectivity index (χ0n) is 5.63. The van der Waals surface area contributed by atoms with E-state index in [0.29, 0.717) is 5.69 Å². The molecule has 0 saturated heterocycles. The first-order valence-electron chi connectivity index (χ1n) is 2.89. The van der Waals surface area contributed by atoms with E-state index in [4.69, 9.17) is 16.3 Å². The van der Waals surface area contributed by atoms with E-state index in [1.54, 1.807) is 0 Å². The van der Waals surface area contributed by atoms with Crippen LogP contribution in [0.2, 0.25) is 0 Å². The van der Waals surface area contributed by atoms with Gasteiger partial charge in [-0.15, -0.1) is 0 Å². The first-order valence-corrected chi connectivity index (χ1v) is 2.89. The number of aromatic amines is 1. The molecular formula is C6H5N5. The molecule has 5 nitrogen and oxygen atoms in total. The molecule has 0 aliphatic carbocycles. The summed E-state index contributed by atoms with van der Waals surface area (Å²) in [5.41, 5.74) is 6.06. The van der Waals surface area contributed by atoms with E-state index in [1.165, 1.54) is 0 Å². The molecule has 0 unspecified atom stereocenters. The molecule has 1 aromatic rings. The highest BCUT2D eigenvalue weighted by molar-refractivity contribution is 5.51. The molecule has 3 N–H and O–H groups in total. The third kappa shape index (κ3) is 1.12. The van der Waals surface area contributed by atoms with Gasteiger partial charge in [0, 0.05) is 0 Å². The number of nitrogen functional groups attached to an aromatic ring is 1. The number of nitriles is 2. The molecule has 54 valence electrons. The van der Waals surface area contributed by atoms with Gasteiger partial charge in [0.1, 0.15) is 11.6 Å². The summed E-state index contributed by atoms with van der Waals surface area (Å²) in [6.07, 6.45) is 0.132. The fraction of sp³-hybridized carbons (Fsp3) is 0.167. The van der Waals surface area contributed by atoms with Crippen molar-refractivity contribution in [2.45, 2.75) is 6.42 Å². The molecule has 1 heterocycles. The number of aromatic nitrogens is 2. The van der Waals surface area contributed by atoms with Crippen LogP contribution in [0, 0.1) is 22.7 Å². The predicted molar refractivity (Wildman–Crippen MR) is 37.0 cm³/mol. The second-order valence-corrected chi connectivity index (χ2v) is 1.91. The Morgan fingerprint density at radius 1 is 1.55 bits per heavy atom. The Kier molecular flexibility index (Phi) is 1.75. The molecule has 5 heteroatoms. The first kappa shape index (κ1) is 7.10. The molecule has 0 bridgehead atoms. The topological polar surface area (TPSA) is 102 Å². The van der Waals surface area contributed by atoms with Crippen LogP contribution in [0.1, 0.15) is 11.3 Å². The van der Waals surface area contributed by atoms with Gasteiger partial charge in [0.2, 0.25) is 0 Å². The van der Waals surface area contributed by atoms with E-state index in [1.807, 2.05) is 12.1 Å². The summed E-state index contributed by atoms with van der Waals surface area (Å²) in [4.78, 5) is 0. The molecule has 0 amide bonds. The van der Waals surface area contributed by atoms with E-state index in [2.05, 4.69) is 10.2 Å². The minimum atomic E-state index is 0.132. The van der Waals surface area contributed by atoms with Crippen LogP contribution in [-0.2, 0) is 6.42 Å². The van der Waals surface area contributed by atoms with Crippen molar-refractivity contribution in [1.82, 2.24) is 10.2 Å². The van der Waals surface area contributed by atoms with Gasteiger partial charge in [0.25, 0.3) is 0 Å². The van der Waals surface area contributed by atoms with Crippen LogP contribution in [0.4, 0.5) is 5.82 Å². The number of nitrogens with one attached hydrogen (secondary N) is 1.